The Morgan fingerprint density at radius 1 is 1.32 bits per heavy atom. The molecule has 2 rings (SSSR count). The van der Waals surface area contributed by atoms with Gasteiger partial charge in [-0.3, -0.25) is 4.79 Å². The van der Waals surface area contributed by atoms with E-state index < -0.39 is 0 Å². The molecule has 4 nitrogen and oxygen atoms in total. The van der Waals surface area contributed by atoms with Crippen LogP contribution >= 0.6 is 11.3 Å². The van der Waals surface area contributed by atoms with Crippen molar-refractivity contribution in [2.24, 2.45) is 0 Å². The molecule has 1 atom stereocenters. The van der Waals surface area contributed by atoms with Crippen LogP contribution in [0.3, 0.4) is 0 Å². The fraction of sp³-hybridized carbons (Fsp3) is 0.286. The monoisotopic (exact) mass is 275 g/mol. The van der Waals surface area contributed by atoms with Crippen molar-refractivity contribution in [3.8, 4) is 11.3 Å². The van der Waals surface area contributed by atoms with Gasteiger partial charge in [-0.1, -0.05) is 12.1 Å². The molecule has 1 unspecified atom stereocenters. The van der Waals surface area contributed by atoms with Crippen molar-refractivity contribution in [2.45, 2.75) is 19.9 Å². The first-order valence-electron chi connectivity index (χ1n) is 6.11. The number of thiazole rings is 1. The highest BCUT2D eigenvalue weighted by Gasteiger charge is 2.10. The molecule has 0 spiro atoms. The third kappa shape index (κ3) is 3.39. The zero-order valence-electron chi connectivity index (χ0n) is 11.2. The second kappa shape index (κ2) is 5.95. The molecule has 100 valence electrons. The predicted molar refractivity (Wildman–Crippen MR) is 79.4 cm³/mol. The van der Waals surface area contributed by atoms with Crippen LogP contribution in [0.5, 0.6) is 0 Å². The van der Waals surface area contributed by atoms with Crippen LogP contribution in [-0.2, 0) is 4.79 Å². The first-order valence-corrected chi connectivity index (χ1v) is 6.99. The van der Waals surface area contributed by atoms with E-state index in [1.807, 2.05) is 43.5 Å². The molecule has 0 fully saturated rings. The van der Waals surface area contributed by atoms with E-state index in [0.717, 1.165) is 22.0 Å². The van der Waals surface area contributed by atoms with E-state index in [1.54, 1.807) is 18.4 Å². The van der Waals surface area contributed by atoms with Gasteiger partial charge in [0.2, 0.25) is 5.91 Å². The number of carbonyl (C=O) groups excluding carboxylic acids is 1. The smallest absolute Gasteiger partial charge is 0.241 e. The van der Waals surface area contributed by atoms with E-state index in [1.165, 1.54) is 0 Å². The number of likely N-dealkylation sites (N-methyl/N-ethyl adjacent to an activating group) is 1. The van der Waals surface area contributed by atoms with Crippen LogP contribution < -0.4 is 10.6 Å². The van der Waals surface area contributed by atoms with Crippen LogP contribution in [0.4, 0.5) is 5.69 Å². The Morgan fingerprint density at radius 2 is 2.00 bits per heavy atom. The summed E-state index contributed by atoms with van der Waals surface area (Å²) in [6.45, 7) is 3.81. The van der Waals surface area contributed by atoms with Gasteiger partial charge in [-0.15, -0.1) is 11.3 Å². The summed E-state index contributed by atoms with van der Waals surface area (Å²) in [5.41, 5.74) is 2.83. The summed E-state index contributed by atoms with van der Waals surface area (Å²) in [5, 5.41) is 8.85. The number of nitrogens with zero attached hydrogens (tertiary/aromatic N) is 1. The first-order chi connectivity index (χ1) is 9.10. The van der Waals surface area contributed by atoms with Crippen LogP contribution in [0, 0.1) is 6.92 Å². The van der Waals surface area contributed by atoms with Crippen molar-refractivity contribution in [2.75, 3.05) is 12.4 Å². The number of amides is 1. The van der Waals surface area contributed by atoms with Gasteiger partial charge in [0.1, 0.15) is 0 Å². The topological polar surface area (TPSA) is 54.0 Å². The molecule has 0 aliphatic carbocycles. The third-order valence-corrected chi connectivity index (χ3v) is 3.67. The molecule has 1 aromatic heterocycles. The van der Waals surface area contributed by atoms with Crippen molar-refractivity contribution in [3.63, 3.8) is 0 Å². The normalized spacial score (nSPS) is 12.2. The average Bonchev–Trinajstić information content (AvgIpc) is 2.85. The van der Waals surface area contributed by atoms with Crippen molar-refractivity contribution >= 4 is 22.9 Å². The molecule has 0 saturated heterocycles. The summed E-state index contributed by atoms with van der Waals surface area (Å²) >= 11 is 1.63. The number of aryl methyl sites for hydroxylation is 1. The minimum absolute atomic E-state index is 0.0419. The van der Waals surface area contributed by atoms with Gasteiger partial charge in [0.15, 0.2) is 0 Å². The molecule has 1 heterocycles. The zero-order valence-corrected chi connectivity index (χ0v) is 12.0. The summed E-state index contributed by atoms with van der Waals surface area (Å²) in [6, 6.07) is 7.51. The molecule has 0 aliphatic heterocycles. The van der Waals surface area contributed by atoms with Crippen molar-refractivity contribution in [1.82, 2.24) is 10.3 Å². The highest BCUT2D eigenvalue weighted by atomic mass is 32.1. The number of benzene rings is 1. The largest absolute Gasteiger partial charge is 0.325 e. The molecule has 0 bridgehead atoms. The number of anilines is 1. The quantitative estimate of drug-likeness (QED) is 0.902. The molecule has 0 radical (unpaired) electrons. The fourth-order valence-electron chi connectivity index (χ4n) is 1.60. The molecule has 2 N–H and O–H groups in total. The van der Waals surface area contributed by atoms with Gasteiger partial charge in [-0.25, -0.2) is 4.98 Å². The Morgan fingerprint density at radius 3 is 2.53 bits per heavy atom. The van der Waals surface area contributed by atoms with Gasteiger partial charge in [-0.2, -0.15) is 0 Å². The predicted octanol–water partition coefficient (Wildman–Crippen LogP) is 2.66. The van der Waals surface area contributed by atoms with E-state index in [-0.39, 0.29) is 11.9 Å². The van der Waals surface area contributed by atoms with Crippen LogP contribution in [0.2, 0.25) is 0 Å². The SMILES string of the molecule is CNC(C)C(=O)Nc1ccc(-c2csc(C)n2)cc1. The maximum atomic E-state index is 11.7. The summed E-state index contributed by atoms with van der Waals surface area (Å²) < 4.78 is 0. The Labute approximate surface area is 116 Å². The lowest BCUT2D eigenvalue weighted by Gasteiger charge is -2.11. The minimum Gasteiger partial charge on any atom is -0.325 e. The molecule has 2 aromatic rings. The second-order valence-corrected chi connectivity index (χ2v) is 5.39. The lowest BCUT2D eigenvalue weighted by Crippen LogP contribution is -2.35. The zero-order chi connectivity index (χ0) is 13.8. The molecule has 1 aromatic carbocycles. The van der Waals surface area contributed by atoms with Crippen LogP contribution in [0.15, 0.2) is 29.6 Å². The molecular formula is C14H17N3OS. The van der Waals surface area contributed by atoms with Crippen LogP contribution in [-0.4, -0.2) is 24.0 Å². The Balaban J connectivity index is 2.08. The Kier molecular flexibility index (Phi) is 4.29. The number of rotatable bonds is 4. The standard InChI is InChI=1S/C14H17N3OS/c1-9(15-3)14(18)17-12-6-4-11(5-7-12)13-8-19-10(2)16-13/h4-9,15H,1-3H3,(H,17,18). The number of hydrogen-bond donors (Lipinski definition) is 2. The van der Waals surface area contributed by atoms with Crippen molar-refractivity contribution in [3.05, 3.63) is 34.7 Å². The van der Waals surface area contributed by atoms with E-state index in [0.29, 0.717) is 0 Å². The molecule has 0 saturated carbocycles. The maximum Gasteiger partial charge on any atom is 0.241 e. The highest BCUT2D eigenvalue weighted by Crippen LogP contribution is 2.23. The fourth-order valence-corrected chi connectivity index (χ4v) is 2.22. The molecular weight excluding hydrogens is 258 g/mol. The van der Waals surface area contributed by atoms with E-state index in [4.69, 9.17) is 0 Å². The Hall–Kier alpha value is -1.72. The minimum atomic E-state index is -0.208. The van der Waals surface area contributed by atoms with Crippen LogP contribution in [0.25, 0.3) is 11.3 Å². The van der Waals surface area contributed by atoms with Gasteiger partial charge < -0.3 is 10.6 Å². The van der Waals surface area contributed by atoms with Gasteiger partial charge in [-0.05, 0) is 33.0 Å². The third-order valence-electron chi connectivity index (χ3n) is 2.89. The van der Waals surface area contributed by atoms with Gasteiger partial charge in [0.05, 0.1) is 16.7 Å². The second-order valence-electron chi connectivity index (χ2n) is 4.33. The molecule has 1 amide bonds. The maximum absolute atomic E-state index is 11.7. The van der Waals surface area contributed by atoms with Gasteiger partial charge in [0, 0.05) is 16.6 Å². The van der Waals surface area contributed by atoms with Gasteiger partial charge >= 0.3 is 0 Å². The van der Waals surface area contributed by atoms with E-state index in [2.05, 4.69) is 15.6 Å². The number of aromatic nitrogens is 1. The van der Waals surface area contributed by atoms with Crippen molar-refractivity contribution < 1.29 is 4.79 Å². The van der Waals surface area contributed by atoms with E-state index in [9.17, 15) is 4.79 Å². The highest BCUT2D eigenvalue weighted by molar-refractivity contribution is 7.09. The van der Waals surface area contributed by atoms with Gasteiger partial charge in [0.25, 0.3) is 0 Å². The average molecular weight is 275 g/mol. The summed E-state index contributed by atoms with van der Waals surface area (Å²) in [7, 11) is 1.76. The summed E-state index contributed by atoms with van der Waals surface area (Å²) in [5.74, 6) is -0.0419. The summed E-state index contributed by atoms with van der Waals surface area (Å²) in [4.78, 5) is 16.2. The van der Waals surface area contributed by atoms with Crippen LogP contribution in [0.1, 0.15) is 11.9 Å². The number of hydrogen-bond acceptors (Lipinski definition) is 4. The summed E-state index contributed by atoms with van der Waals surface area (Å²) in [6.07, 6.45) is 0. The molecule has 5 heteroatoms. The number of carbonyl (C=O) groups is 1. The Bertz CT molecular complexity index is 562. The first kappa shape index (κ1) is 13.7. The molecule has 19 heavy (non-hydrogen) atoms. The van der Waals surface area contributed by atoms with E-state index >= 15 is 0 Å². The lowest BCUT2D eigenvalue weighted by atomic mass is 10.1. The molecule has 0 aliphatic rings. The number of nitrogens with one attached hydrogen (secondary N) is 2. The lowest BCUT2D eigenvalue weighted by molar-refractivity contribution is -0.117. The van der Waals surface area contributed by atoms with Crippen molar-refractivity contribution in [1.29, 1.82) is 0 Å².